The number of thioether (sulfide) groups is 1. The SMILES string of the molecule is O=C(CSc1nnc2c(Cl)cc(C(F)(F)F)cn12)Nc1cccc2nsnc12. The zero-order chi connectivity index (χ0) is 19.9. The normalized spacial score (nSPS) is 12.0. The fourth-order valence-corrected chi connectivity index (χ4v) is 3.92. The van der Waals surface area contributed by atoms with Gasteiger partial charge >= 0.3 is 6.18 Å². The van der Waals surface area contributed by atoms with Gasteiger partial charge in [-0.2, -0.15) is 21.9 Å². The fourth-order valence-electron chi connectivity index (χ4n) is 2.41. The molecule has 0 fully saturated rings. The molecule has 28 heavy (non-hydrogen) atoms. The van der Waals surface area contributed by atoms with Gasteiger partial charge in [-0.1, -0.05) is 29.4 Å². The molecule has 4 aromatic rings. The van der Waals surface area contributed by atoms with Crippen LogP contribution in [0.4, 0.5) is 18.9 Å². The van der Waals surface area contributed by atoms with E-state index in [9.17, 15) is 18.0 Å². The lowest BCUT2D eigenvalue weighted by atomic mass is 10.2. The molecule has 0 unspecified atom stereocenters. The van der Waals surface area contributed by atoms with E-state index < -0.39 is 11.7 Å². The molecule has 144 valence electrons. The first kappa shape index (κ1) is 18.9. The quantitative estimate of drug-likeness (QED) is 0.476. The molecular weight excluding hydrogens is 437 g/mol. The highest BCUT2D eigenvalue weighted by Gasteiger charge is 2.32. The number of fused-ring (bicyclic) bond motifs is 2. The van der Waals surface area contributed by atoms with Crippen LogP contribution in [0.5, 0.6) is 0 Å². The van der Waals surface area contributed by atoms with Crippen molar-refractivity contribution in [1.82, 2.24) is 23.3 Å². The number of anilines is 1. The third-order valence-electron chi connectivity index (χ3n) is 3.65. The molecule has 13 heteroatoms. The van der Waals surface area contributed by atoms with E-state index in [-0.39, 0.29) is 27.5 Å². The standard InChI is InChI=1S/C15H8ClF3N6OS2/c16-8-4-7(15(17,18)19)5-25-13(8)21-22-14(25)27-6-11(26)20-9-2-1-3-10-12(9)24-28-23-10/h1-5H,6H2,(H,20,26). The van der Waals surface area contributed by atoms with Crippen molar-refractivity contribution >= 4 is 63.4 Å². The Labute approximate surface area is 168 Å². The second-order valence-electron chi connectivity index (χ2n) is 5.53. The summed E-state index contributed by atoms with van der Waals surface area (Å²) in [6, 6.07) is 5.98. The summed E-state index contributed by atoms with van der Waals surface area (Å²) in [4.78, 5) is 12.3. The topological polar surface area (TPSA) is 85.1 Å². The Morgan fingerprint density at radius 2 is 2.11 bits per heavy atom. The zero-order valence-electron chi connectivity index (χ0n) is 13.6. The molecular formula is C15H8ClF3N6OS2. The number of aromatic nitrogens is 5. The molecule has 0 atom stereocenters. The minimum Gasteiger partial charge on any atom is -0.323 e. The number of benzene rings is 1. The number of rotatable bonds is 4. The molecule has 3 heterocycles. The second-order valence-corrected chi connectivity index (χ2v) is 7.40. The summed E-state index contributed by atoms with van der Waals surface area (Å²) in [6.07, 6.45) is -3.72. The Morgan fingerprint density at radius 1 is 1.29 bits per heavy atom. The highest BCUT2D eigenvalue weighted by atomic mass is 35.5. The molecule has 0 spiro atoms. The van der Waals surface area contributed by atoms with Crippen molar-refractivity contribution < 1.29 is 18.0 Å². The number of nitrogens with one attached hydrogen (secondary N) is 1. The lowest BCUT2D eigenvalue weighted by Crippen LogP contribution is -2.14. The first-order chi connectivity index (χ1) is 13.3. The first-order valence-electron chi connectivity index (χ1n) is 7.58. The fraction of sp³-hybridized carbons (Fsp3) is 0.133. The van der Waals surface area contributed by atoms with Gasteiger partial charge in [0, 0.05) is 6.20 Å². The molecule has 0 radical (unpaired) electrons. The second kappa shape index (κ2) is 7.18. The predicted molar refractivity (Wildman–Crippen MR) is 99.8 cm³/mol. The number of hydrogen-bond donors (Lipinski definition) is 1. The number of pyridine rings is 1. The van der Waals surface area contributed by atoms with Gasteiger partial charge in [-0.15, -0.1) is 10.2 Å². The van der Waals surface area contributed by atoms with Gasteiger partial charge in [-0.25, -0.2) is 0 Å². The van der Waals surface area contributed by atoms with Crippen molar-refractivity contribution in [3.8, 4) is 0 Å². The van der Waals surface area contributed by atoms with Gasteiger partial charge in [-0.05, 0) is 18.2 Å². The average molecular weight is 445 g/mol. The van der Waals surface area contributed by atoms with Gasteiger partial charge in [0.15, 0.2) is 10.8 Å². The Balaban J connectivity index is 1.53. The van der Waals surface area contributed by atoms with Crippen LogP contribution in [0.1, 0.15) is 5.56 Å². The van der Waals surface area contributed by atoms with Gasteiger partial charge in [0.05, 0.1) is 33.8 Å². The minimum absolute atomic E-state index is 0.0795. The molecule has 1 aromatic carbocycles. The predicted octanol–water partition coefficient (Wildman–Crippen LogP) is 4.14. The van der Waals surface area contributed by atoms with Crippen LogP contribution in [0.3, 0.4) is 0 Å². The van der Waals surface area contributed by atoms with E-state index in [4.69, 9.17) is 11.6 Å². The molecule has 7 nitrogen and oxygen atoms in total. The maximum Gasteiger partial charge on any atom is 0.417 e. The van der Waals surface area contributed by atoms with E-state index in [0.717, 1.165) is 40.2 Å². The molecule has 0 bridgehead atoms. The summed E-state index contributed by atoms with van der Waals surface area (Å²) >= 11 is 7.84. The highest BCUT2D eigenvalue weighted by molar-refractivity contribution is 7.99. The van der Waals surface area contributed by atoms with Gasteiger partial charge in [-0.3, -0.25) is 9.20 Å². The van der Waals surface area contributed by atoms with Crippen LogP contribution in [-0.4, -0.2) is 35.0 Å². The van der Waals surface area contributed by atoms with Crippen LogP contribution >= 0.6 is 35.1 Å². The van der Waals surface area contributed by atoms with Crippen LogP contribution in [-0.2, 0) is 11.0 Å². The van der Waals surface area contributed by atoms with Gasteiger partial charge < -0.3 is 5.32 Å². The number of carbonyl (C=O) groups is 1. The van der Waals surface area contributed by atoms with E-state index in [1.54, 1.807) is 18.2 Å². The van der Waals surface area contributed by atoms with E-state index in [1.165, 1.54) is 0 Å². The first-order valence-corrected chi connectivity index (χ1v) is 9.68. The monoisotopic (exact) mass is 444 g/mol. The van der Waals surface area contributed by atoms with Crippen LogP contribution in [0, 0.1) is 0 Å². The maximum absolute atomic E-state index is 13.0. The summed E-state index contributed by atoms with van der Waals surface area (Å²) in [6.45, 7) is 0. The lowest BCUT2D eigenvalue weighted by Gasteiger charge is -2.09. The van der Waals surface area contributed by atoms with E-state index in [1.807, 2.05) is 0 Å². The van der Waals surface area contributed by atoms with Crippen LogP contribution in [0.25, 0.3) is 16.7 Å². The Morgan fingerprint density at radius 3 is 2.89 bits per heavy atom. The van der Waals surface area contributed by atoms with Crippen molar-refractivity contribution in [3.63, 3.8) is 0 Å². The number of nitrogens with zero attached hydrogens (tertiary/aromatic N) is 5. The third kappa shape index (κ3) is 3.62. The molecule has 0 aliphatic heterocycles. The van der Waals surface area contributed by atoms with Crippen LogP contribution in [0.15, 0.2) is 35.6 Å². The van der Waals surface area contributed by atoms with Crippen LogP contribution < -0.4 is 5.32 Å². The van der Waals surface area contributed by atoms with Crippen molar-refractivity contribution in [2.75, 3.05) is 11.1 Å². The van der Waals surface area contributed by atoms with Crippen molar-refractivity contribution in [2.45, 2.75) is 11.3 Å². The molecule has 1 N–H and O–H groups in total. The number of hydrogen-bond acceptors (Lipinski definition) is 7. The molecule has 0 aliphatic carbocycles. The minimum atomic E-state index is -4.57. The number of carbonyl (C=O) groups excluding carboxylic acids is 1. The Kier molecular flexibility index (Phi) is 4.85. The van der Waals surface area contributed by atoms with E-state index in [2.05, 4.69) is 24.3 Å². The summed E-state index contributed by atoms with van der Waals surface area (Å²) in [5.74, 6) is -0.469. The van der Waals surface area contributed by atoms with Gasteiger partial charge in [0.1, 0.15) is 11.0 Å². The Hall–Kier alpha value is -2.44. The molecule has 1 amide bonds. The van der Waals surface area contributed by atoms with Crippen molar-refractivity contribution in [1.29, 1.82) is 0 Å². The molecule has 4 rings (SSSR count). The Bertz CT molecular complexity index is 1190. The average Bonchev–Trinajstić information content (AvgIpc) is 3.26. The summed E-state index contributed by atoms with van der Waals surface area (Å²) < 4.78 is 48.3. The summed E-state index contributed by atoms with van der Waals surface area (Å²) in [5.41, 5.74) is 0.883. The lowest BCUT2D eigenvalue weighted by molar-refractivity contribution is -0.137. The third-order valence-corrected chi connectivity index (χ3v) is 5.41. The van der Waals surface area contributed by atoms with Gasteiger partial charge in [0.2, 0.25) is 5.91 Å². The molecule has 0 aliphatic rings. The number of halogens is 4. The summed E-state index contributed by atoms with van der Waals surface area (Å²) in [7, 11) is 0. The number of alkyl halides is 3. The molecule has 0 saturated carbocycles. The van der Waals surface area contributed by atoms with Crippen LogP contribution in [0.2, 0.25) is 5.02 Å². The summed E-state index contributed by atoms with van der Waals surface area (Å²) in [5, 5.41) is 10.3. The van der Waals surface area contributed by atoms with Gasteiger partial charge in [0.25, 0.3) is 0 Å². The van der Waals surface area contributed by atoms with E-state index in [0.29, 0.717) is 16.7 Å². The maximum atomic E-state index is 13.0. The number of amides is 1. The van der Waals surface area contributed by atoms with E-state index >= 15 is 0 Å². The van der Waals surface area contributed by atoms with Crippen molar-refractivity contribution in [2.24, 2.45) is 0 Å². The zero-order valence-corrected chi connectivity index (χ0v) is 16.0. The molecule has 0 saturated heterocycles. The molecule has 3 aromatic heterocycles. The largest absolute Gasteiger partial charge is 0.417 e. The smallest absolute Gasteiger partial charge is 0.323 e. The van der Waals surface area contributed by atoms with Crippen molar-refractivity contribution in [3.05, 3.63) is 41.0 Å². The highest BCUT2D eigenvalue weighted by Crippen LogP contribution is 2.33.